The fourth-order valence-corrected chi connectivity index (χ4v) is 2.88. The zero-order valence-electron chi connectivity index (χ0n) is 12.3. The summed E-state index contributed by atoms with van der Waals surface area (Å²) in [4.78, 5) is 0. The van der Waals surface area contributed by atoms with Gasteiger partial charge >= 0.3 is 0 Å². The molecule has 2 N–H and O–H groups in total. The molecule has 1 atom stereocenters. The highest BCUT2D eigenvalue weighted by molar-refractivity contribution is 6.09. The van der Waals surface area contributed by atoms with E-state index in [1.54, 1.807) is 0 Å². The summed E-state index contributed by atoms with van der Waals surface area (Å²) >= 11 is 0. The molecule has 0 saturated carbocycles. The van der Waals surface area contributed by atoms with Crippen LogP contribution >= 0.6 is 0 Å². The number of benzene rings is 3. The van der Waals surface area contributed by atoms with Crippen molar-refractivity contribution in [1.82, 2.24) is 5.32 Å². The number of fused-ring (bicyclic) bond motifs is 3. The summed E-state index contributed by atoms with van der Waals surface area (Å²) < 4.78 is 0. The first kappa shape index (κ1) is 14.1. The number of aliphatic hydroxyl groups is 1. The van der Waals surface area contributed by atoms with Crippen LogP contribution in [0.3, 0.4) is 0 Å². The van der Waals surface area contributed by atoms with Crippen LogP contribution in [-0.4, -0.2) is 18.2 Å². The summed E-state index contributed by atoms with van der Waals surface area (Å²) in [6.07, 6.45) is 0.594. The van der Waals surface area contributed by atoms with Crippen molar-refractivity contribution in [3.8, 4) is 0 Å². The lowest BCUT2D eigenvalue weighted by atomic mass is 9.94. The van der Waals surface area contributed by atoms with Crippen molar-refractivity contribution in [2.75, 3.05) is 13.1 Å². The van der Waals surface area contributed by atoms with Gasteiger partial charge in [0, 0.05) is 6.54 Å². The Morgan fingerprint density at radius 3 is 2.38 bits per heavy atom. The molecule has 0 saturated heterocycles. The lowest BCUT2D eigenvalue weighted by Gasteiger charge is -2.16. The van der Waals surface area contributed by atoms with Gasteiger partial charge in [0.15, 0.2) is 0 Å². The molecule has 0 unspecified atom stereocenters. The minimum atomic E-state index is -0.481. The van der Waals surface area contributed by atoms with E-state index in [1.807, 2.05) is 12.1 Å². The summed E-state index contributed by atoms with van der Waals surface area (Å²) in [5.41, 5.74) is 1.01. The second-order valence-corrected chi connectivity index (χ2v) is 5.45. The molecule has 3 rings (SSSR count). The first-order chi connectivity index (χ1) is 10.3. The molecule has 0 aliphatic carbocycles. The molecule has 0 bridgehead atoms. The van der Waals surface area contributed by atoms with Crippen LogP contribution in [0.4, 0.5) is 0 Å². The summed E-state index contributed by atoms with van der Waals surface area (Å²) in [7, 11) is 0. The Kier molecular flexibility index (Phi) is 4.18. The summed E-state index contributed by atoms with van der Waals surface area (Å²) in [6, 6.07) is 18.8. The predicted octanol–water partition coefficient (Wildman–Crippen LogP) is 4.03. The van der Waals surface area contributed by atoms with E-state index in [4.69, 9.17) is 0 Å². The minimum absolute atomic E-state index is 0.481. The van der Waals surface area contributed by atoms with Crippen molar-refractivity contribution in [2.24, 2.45) is 0 Å². The minimum Gasteiger partial charge on any atom is -0.387 e. The Morgan fingerprint density at radius 1 is 0.952 bits per heavy atom. The Labute approximate surface area is 125 Å². The standard InChI is InChI=1S/C19H21NO/c1-2-11-20-13-19(21)18-12-14-7-3-4-8-15(14)16-9-5-6-10-17(16)18/h3-10,12,19-21H,2,11,13H2,1H3/t19-/m1/s1. The summed E-state index contributed by atoms with van der Waals surface area (Å²) in [5.74, 6) is 0. The van der Waals surface area contributed by atoms with E-state index in [9.17, 15) is 5.11 Å². The van der Waals surface area contributed by atoms with Gasteiger partial charge in [0.2, 0.25) is 0 Å². The van der Waals surface area contributed by atoms with Gasteiger partial charge in [0.1, 0.15) is 0 Å². The van der Waals surface area contributed by atoms with E-state index in [2.05, 4.69) is 54.7 Å². The third-order valence-corrected chi connectivity index (χ3v) is 3.92. The molecule has 3 aromatic rings. The molecule has 0 amide bonds. The van der Waals surface area contributed by atoms with Gasteiger partial charge in [-0.15, -0.1) is 0 Å². The van der Waals surface area contributed by atoms with Gasteiger partial charge in [-0.05, 0) is 46.1 Å². The fraction of sp³-hybridized carbons (Fsp3) is 0.263. The maximum Gasteiger partial charge on any atom is 0.0920 e. The first-order valence-corrected chi connectivity index (χ1v) is 7.60. The zero-order chi connectivity index (χ0) is 14.7. The Hall–Kier alpha value is -1.90. The molecule has 2 heteroatoms. The molecule has 108 valence electrons. The molecule has 0 fully saturated rings. The number of hydrogen-bond donors (Lipinski definition) is 2. The smallest absolute Gasteiger partial charge is 0.0920 e. The SMILES string of the molecule is CCCNC[C@@H](O)c1cc2ccccc2c2ccccc12. The topological polar surface area (TPSA) is 32.3 Å². The fourth-order valence-electron chi connectivity index (χ4n) is 2.88. The average molecular weight is 279 g/mol. The highest BCUT2D eigenvalue weighted by Gasteiger charge is 2.13. The maximum atomic E-state index is 10.5. The molecule has 0 spiro atoms. The van der Waals surface area contributed by atoms with Crippen molar-refractivity contribution in [1.29, 1.82) is 0 Å². The van der Waals surface area contributed by atoms with Gasteiger partial charge in [-0.2, -0.15) is 0 Å². The van der Waals surface area contributed by atoms with Crippen LogP contribution < -0.4 is 5.32 Å². The third kappa shape index (κ3) is 2.78. The first-order valence-electron chi connectivity index (χ1n) is 7.60. The Balaban J connectivity index is 2.11. The van der Waals surface area contributed by atoms with Crippen LogP contribution in [0.25, 0.3) is 21.5 Å². The van der Waals surface area contributed by atoms with Crippen LogP contribution in [0.15, 0.2) is 54.6 Å². The molecule has 0 heterocycles. The zero-order valence-corrected chi connectivity index (χ0v) is 12.3. The van der Waals surface area contributed by atoms with Crippen molar-refractivity contribution in [2.45, 2.75) is 19.4 Å². The molecule has 0 aliphatic heterocycles. The van der Waals surface area contributed by atoms with Gasteiger partial charge < -0.3 is 10.4 Å². The Morgan fingerprint density at radius 2 is 1.62 bits per heavy atom. The lowest BCUT2D eigenvalue weighted by Crippen LogP contribution is -2.22. The van der Waals surface area contributed by atoms with Crippen LogP contribution in [0.2, 0.25) is 0 Å². The quantitative estimate of drug-likeness (QED) is 0.546. The summed E-state index contributed by atoms with van der Waals surface area (Å²) in [6.45, 7) is 3.66. The third-order valence-electron chi connectivity index (χ3n) is 3.92. The van der Waals surface area contributed by atoms with Gasteiger partial charge in [-0.3, -0.25) is 0 Å². The van der Waals surface area contributed by atoms with E-state index in [0.29, 0.717) is 6.54 Å². The highest BCUT2D eigenvalue weighted by atomic mass is 16.3. The largest absolute Gasteiger partial charge is 0.387 e. The second kappa shape index (κ2) is 6.25. The summed E-state index contributed by atoms with van der Waals surface area (Å²) in [5, 5.41) is 18.6. The van der Waals surface area contributed by atoms with E-state index < -0.39 is 6.10 Å². The van der Waals surface area contributed by atoms with Crippen molar-refractivity contribution in [3.05, 3.63) is 60.2 Å². The monoisotopic (exact) mass is 279 g/mol. The van der Waals surface area contributed by atoms with E-state index in [0.717, 1.165) is 23.9 Å². The predicted molar refractivity (Wildman–Crippen MR) is 89.6 cm³/mol. The molecule has 0 aliphatic rings. The maximum absolute atomic E-state index is 10.5. The number of hydrogen-bond acceptors (Lipinski definition) is 2. The molecular formula is C19H21NO. The molecular weight excluding hydrogens is 258 g/mol. The van der Waals surface area contributed by atoms with Crippen LogP contribution in [0.5, 0.6) is 0 Å². The van der Waals surface area contributed by atoms with Crippen molar-refractivity contribution in [3.63, 3.8) is 0 Å². The lowest BCUT2D eigenvalue weighted by molar-refractivity contribution is 0.176. The number of rotatable bonds is 5. The van der Waals surface area contributed by atoms with Gasteiger partial charge in [-0.1, -0.05) is 55.5 Å². The van der Waals surface area contributed by atoms with E-state index >= 15 is 0 Å². The van der Waals surface area contributed by atoms with Gasteiger partial charge in [0.25, 0.3) is 0 Å². The van der Waals surface area contributed by atoms with Crippen LogP contribution in [-0.2, 0) is 0 Å². The highest BCUT2D eigenvalue weighted by Crippen LogP contribution is 2.31. The van der Waals surface area contributed by atoms with Crippen molar-refractivity contribution < 1.29 is 5.11 Å². The van der Waals surface area contributed by atoms with E-state index in [1.165, 1.54) is 16.2 Å². The van der Waals surface area contributed by atoms with Crippen LogP contribution in [0.1, 0.15) is 25.0 Å². The van der Waals surface area contributed by atoms with Gasteiger partial charge in [0.05, 0.1) is 6.10 Å². The normalized spacial score (nSPS) is 12.9. The number of aliphatic hydroxyl groups excluding tert-OH is 1. The second-order valence-electron chi connectivity index (χ2n) is 5.45. The molecule has 0 aromatic heterocycles. The van der Waals surface area contributed by atoms with Gasteiger partial charge in [-0.25, -0.2) is 0 Å². The average Bonchev–Trinajstić information content (AvgIpc) is 2.54. The molecule has 21 heavy (non-hydrogen) atoms. The molecule has 2 nitrogen and oxygen atoms in total. The number of nitrogens with one attached hydrogen (secondary N) is 1. The molecule has 3 aromatic carbocycles. The Bertz CT molecular complexity index is 751. The van der Waals surface area contributed by atoms with Crippen molar-refractivity contribution >= 4 is 21.5 Å². The van der Waals surface area contributed by atoms with Crippen LogP contribution in [0, 0.1) is 0 Å². The van der Waals surface area contributed by atoms with E-state index in [-0.39, 0.29) is 0 Å². The molecule has 0 radical (unpaired) electrons.